The molecule has 0 saturated heterocycles. The van der Waals surface area contributed by atoms with Gasteiger partial charge in [-0.1, -0.05) is 11.6 Å². The Bertz CT molecular complexity index is 1260. The Morgan fingerprint density at radius 2 is 1.71 bits per heavy atom. The van der Waals surface area contributed by atoms with Crippen molar-refractivity contribution in [2.45, 2.75) is 31.8 Å². The first-order valence-corrected chi connectivity index (χ1v) is 12.4. The summed E-state index contributed by atoms with van der Waals surface area (Å²) in [4.78, 5) is 36.3. The summed E-state index contributed by atoms with van der Waals surface area (Å²) >= 11 is 7.34. The normalized spacial score (nSPS) is 17.7. The summed E-state index contributed by atoms with van der Waals surface area (Å²) in [5.74, 6) is -2.52. The quantitative estimate of drug-likeness (QED) is 0.369. The monoisotopic (exact) mass is 518 g/mol. The zero-order chi connectivity index (χ0) is 24.9. The number of carbonyl (C=O) groups is 3. The molecule has 7 nitrogen and oxygen atoms in total. The number of carboxylic acids is 1. The summed E-state index contributed by atoms with van der Waals surface area (Å²) < 4.78 is 21.1. The van der Waals surface area contributed by atoms with Crippen LogP contribution in [0.3, 0.4) is 0 Å². The van der Waals surface area contributed by atoms with Crippen molar-refractivity contribution >= 4 is 50.8 Å². The molecule has 0 atom stereocenters. The molecular formula is C25H24ClFN2O5S. The van der Waals surface area contributed by atoms with Gasteiger partial charge in [-0.25, -0.2) is 4.39 Å². The standard InChI is InChI=1S/C25H24ClFN2O5S/c26-17-4-8-21-16(11-17)13-22(35-21)24(31)29-10-9-28-23(30)15-3-7-20(19(27)12-15)34-18-5-1-14(2-6-18)25(32)33/h3-4,7-8,11-14,18H,1-2,5-6,9-10H2,(H,28,30)(H,29,31)(H,32,33)/t14-,18+. The van der Waals surface area contributed by atoms with Crippen LogP contribution in [0.5, 0.6) is 5.75 Å². The Labute approximate surface area is 210 Å². The van der Waals surface area contributed by atoms with E-state index in [2.05, 4.69) is 10.6 Å². The fourth-order valence-corrected chi connectivity index (χ4v) is 5.15. The van der Waals surface area contributed by atoms with E-state index in [4.69, 9.17) is 21.4 Å². The molecule has 1 heterocycles. The summed E-state index contributed by atoms with van der Waals surface area (Å²) in [6.45, 7) is 0.385. The minimum absolute atomic E-state index is 0.0391. The first-order valence-electron chi connectivity index (χ1n) is 11.2. The van der Waals surface area contributed by atoms with Gasteiger partial charge in [0, 0.05) is 28.4 Å². The molecule has 0 bridgehead atoms. The van der Waals surface area contributed by atoms with Crippen LogP contribution >= 0.6 is 22.9 Å². The van der Waals surface area contributed by atoms with Crippen molar-refractivity contribution in [3.8, 4) is 5.75 Å². The molecular weight excluding hydrogens is 495 g/mol. The van der Waals surface area contributed by atoms with E-state index in [0.717, 1.165) is 16.2 Å². The number of carbonyl (C=O) groups excluding carboxylic acids is 2. The molecule has 1 fully saturated rings. The second-order valence-corrected chi connectivity index (χ2v) is 9.90. The summed E-state index contributed by atoms with van der Waals surface area (Å²) in [6, 6.07) is 11.2. The van der Waals surface area contributed by atoms with E-state index >= 15 is 0 Å². The van der Waals surface area contributed by atoms with Gasteiger partial charge in [-0.2, -0.15) is 0 Å². The fourth-order valence-electron chi connectivity index (χ4n) is 4.01. The van der Waals surface area contributed by atoms with Crippen LogP contribution in [0.15, 0.2) is 42.5 Å². The van der Waals surface area contributed by atoms with Gasteiger partial charge < -0.3 is 20.5 Å². The maximum Gasteiger partial charge on any atom is 0.306 e. The van der Waals surface area contributed by atoms with Crippen molar-refractivity contribution in [1.82, 2.24) is 10.6 Å². The highest BCUT2D eigenvalue weighted by molar-refractivity contribution is 7.20. The third kappa shape index (κ3) is 6.29. The minimum Gasteiger partial charge on any atom is -0.487 e. The van der Waals surface area contributed by atoms with Crippen LogP contribution in [0.25, 0.3) is 10.1 Å². The van der Waals surface area contributed by atoms with Crippen LogP contribution in [0, 0.1) is 11.7 Å². The fraction of sp³-hybridized carbons (Fsp3) is 0.320. The first-order chi connectivity index (χ1) is 16.8. The average molecular weight is 519 g/mol. The molecule has 0 radical (unpaired) electrons. The summed E-state index contributed by atoms with van der Waals surface area (Å²) in [5, 5.41) is 16.0. The lowest BCUT2D eigenvalue weighted by Gasteiger charge is -2.27. The number of halogens is 2. The largest absolute Gasteiger partial charge is 0.487 e. The van der Waals surface area contributed by atoms with Crippen LogP contribution in [-0.2, 0) is 4.79 Å². The molecule has 4 rings (SSSR count). The van der Waals surface area contributed by atoms with Crippen molar-refractivity contribution in [2.24, 2.45) is 5.92 Å². The number of benzene rings is 2. The number of carboxylic acid groups (broad SMARTS) is 1. The molecule has 0 unspecified atom stereocenters. The number of fused-ring (bicyclic) bond motifs is 1. The summed E-state index contributed by atoms with van der Waals surface area (Å²) in [5.41, 5.74) is 0.136. The lowest BCUT2D eigenvalue weighted by atomic mass is 9.87. The molecule has 3 N–H and O–H groups in total. The number of nitrogens with one attached hydrogen (secondary N) is 2. The Morgan fingerprint density at radius 3 is 2.40 bits per heavy atom. The Hall–Kier alpha value is -3.17. The number of amides is 2. The number of thiophene rings is 1. The van der Waals surface area contributed by atoms with Crippen LogP contribution < -0.4 is 15.4 Å². The van der Waals surface area contributed by atoms with E-state index in [1.165, 1.54) is 23.5 Å². The molecule has 2 amide bonds. The number of aliphatic carboxylic acids is 1. The van der Waals surface area contributed by atoms with Gasteiger partial charge in [0.15, 0.2) is 11.6 Å². The zero-order valence-corrected chi connectivity index (χ0v) is 20.3. The van der Waals surface area contributed by atoms with Crippen molar-refractivity contribution in [3.05, 3.63) is 63.7 Å². The van der Waals surface area contributed by atoms with Gasteiger partial charge >= 0.3 is 5.97 Å². The molecule has 1 aliphatic rings. The highest BCUT2D eigenvalue weighted by Crippen LogP contribution is 2.30. The second-order valence-electron chi connectivity index (χ2n) is 8.38. The van der Waals surface area contributed by atoms with Crippen molar-refractivity contribution in [3.63, 3.8) is 0 Å². The van der Waals surface area contributed by atoms with Crippen LogP contribution in [0.2, 0.25) is 5.02 Å². The number of ether oxygens (including phenoxy) is 1. The van der Waals surface area contributed by atoms with E-state index in [9.17, 15) is 18.8 Å². The van der Waals surface area contributed by atoms with Crippen LogP contribution in [0.1, 0.15) is 45.7 Å². The van der Waals surface area contributed by atoms with E-state index in [1.807, 2.05) is 6.07 Å². The van der Waals surface area contributed by atoms with Crippen LogP contribution in [0.4, 0.5) is 4.39 Å². The lowest BCUT2D eigenvalue weighted by Crippen LogP contribution is -2.34. The van der Waals surface area contributed by atoms with Gasteiger partial charge in [-0.3, -0.25) is 14.4 Å². The molecule has 2 aromatic carbocycles. The predicted molar refractivity (Wildman–Crippen MR) is 132 cm³/mol. The molecule has 1 aliphatic carbocycles. The zero-order valence-electron chi connectivity index (χ0n) is 18.7. The highest BCUT2D eigenvalue weighted by atomic mass is 35.5. The van der Waals surface area contributed by atoms with E-state index in [-0.39, 0.29) is 42.3 Å². The molecule has 184 valence electrons. The Morgan fingerprint density at radius 1 is 1.00 bits per heavy atom. The van der Waals surface area contributed by atoms with Gasteiger partial charge in [0.2, 0.25) is 0 Å². The third-order valence-electron chi connectivity index (χ3n) is 5.91. The van der Waals surface area contributed by atoms with Gasteiger partial charge in [-0.05, 0) is 73.5 Å². The third-order valence-corrected chi connectivity index (χ3v) is 7.26. The summed E-state index contributed by atoms with van der Waals surface area (Å²) in [7, 11) is 0. The van der Waals surface area contributed by atoms with Gasteiger partial charge in [0.05, 0.1) is 16.9 Å². The lowest BCUT2D eigenvalue weighted by molar-refractivity contribution is -0.143. The Kier molecular flexibility index (Phi) is 7.87. The molecule has 1 saturated carbocycles. The highest BCUT2D eigenvalue weighted by Gasteiger charge is 2.27. The molecule has 0 aliphatic heterocycles. The minimum atomic E-state index is -0.810. The van der Waals surface area contributed by atoms with Crippen molar-refractivity contribution in [2.75, 3.05) is 13.1 Å². The number of rotatable bonds is 8. The Balaban J connectivity index is 1.23. The SMILES string of the molecule is O=C(NCCNC(=O)c1cc2cc(Cl)ccc2s1)c1ccc(O[C@H]2CC[C@@H](C(=O)O)CC2)c(F)c1. The molecule has 10 heteroatoms. The van der Waals surface area contributed by atoms with E-state index in [1.54, 1.807) is 18.2 Å². The molecule has 0 spiro atoms. The number of hydrogen-bond acceptors (Lipinski definition) is 5. The first kappa shape index (κ1) is 24.9. The smallest absolute Gasteiger partial charge is 0.306 e. The maximum absolute atomic E-state index is 14.5. The van der Waals surface area contributed by atoms with E-state index in [0.29, 0.717) is 35.6 Å². The summed E-state index contributed by atoms with van der Waals surface area (Å²) in [6.07, 6.45) is 1.83. The molecule has 1 aromatic heterocycles. The van der Waals surface area contributed by atoms with Crippen molar-refractivity contribution < 1.29 is 28.6 Å². The topological polar surface area (TPSA) is 105 Å². The molecule has 35 heavy (non-hydrogen) atoms. The average Bonchev–Trinajstić information content (AvgIpc) is 3.26. The number of hydrogen-bond donors (Lipinski definition) is 3. The predicted octanol–water partition coefficient (Wildman–Crippen LogP) is 4.88. The maximum atomic E-state index is 14.5. The molecule has 3 aromatic rings. The second kappa shape index (κ2) is 11.0. The van der Waals surface area contributed by atoms with Gasteiger partial charge in [0.25, 0.3) is 11.8 Å². The van der Waals surface area contributed by atoms with Gasteiger partial charge in [-0.15, -0.1) is 11.3 Å². The van der Waals surface area contributed by atoms with Crippen molar-refractivity contribution in [1.29, 1.82) is 0 Å². The van der Waals surface area contributed by atoms with Gasteiger partial charge in [0.1, 0.15) is 0 Å². The van der Waals surface area contributed by atoms with Crippen LogP contribution in [-0.4, -0.2) is 42.1 Å². The van der Waals surface area contributed by atoms with E-state index < -0.39 is 17.7 Å².